The van der Waals surface area contributed by atoms with Crippen molar-refractivity contribution in [3.05, 3.63) is 28.8 Å². The van der Waals surface area contributed by atoms with Crippen LogP contribution in [0.5, 0.6) is 0 Å². The van der Waals surface area contributed by atoms with E-state index in [-0.39, 0.29) is 11.3 Å². The van der Waals surface area contributed by atoms with E-state index in [4.69, 9.17) is 21.8 Å². The highest BCUT2D eigenvalue weighted by Crippen LogP contribution is 2.19. The van der Waals surface area contributed by atoms with Crippen molar-refractivity contribution in [2.75, 3.05) is 6.61 Å². The summed E-state index contributed by atoms with van der Waals surface area (Å²) in [5, 5.41) is 18.0. The summed E-state index contributed by atoms with van der Waals surface area (Å²) in [6.45, 7) is 1.13. The molecular weight excluding hydrogens is 294 g/mol. The monoisotopic (exact) mass is 307 g/mol. The van der Waals surface area contributed by atoms with Crippen molar-refractivity contribution in [1.29, 1.82) is 0 Å². The molecule has 6 nitrogen and oxygen atoms in total. The van der Waals surface area contributed by atoms with Crippen LogP contribution in [0.1, 0.15) is 12.0 Å². The highest BCUT2D eigenvalue weighted by molar-refractivity contribution is 7.89. The Kier molecular flexibility index (Phi) is 5.30. The minimum Gasteiger partial charge on any atom is -0.480 e. The Balaban J connectivity index is 3.06. The van der Waals surface area contributed by atoms with Crippen molar-refractivity contribution >= 4 is 27.6 Å². The number of nitrogens with one attached hydrogen (secondary N) is 1. The lowest BCUT2D eigenvalue weighted by Gasteiger charge is -2.15. The van der Waals surface area contributed by atoms with E-state index in [9.17, 15) is 13.2 Å². The Hall–Kier alpha value is -1.15. The van der Waals surface area contributed by atoms with Crippen molar-refractivity contribution in [3.8, 4) is 0 Å². The van der Waals surface area contributed by atoms with Gasteiger partial charge in [0.1, 0.15) is 6.04 Å². The van der Waals surface area contributed by atoms with Crippen molar-refractivity contribution in [1.82, 2.24) is 4.72 Å². The van der Waals surface area contributed by atoms with Gasteiger partial charge in [-0.05, 0) is 37.1 Å². The van der Waals surface area contributed by atoms with Gasteiger partial charge in [-0.1, -0.05) is 11.6 Å². The van der Waals surface area contributed by atoms with Crippen LogP contribution in [0, 0.1) is 6.92 Å². The minimum absolute atomic E-state index is 0.0407. The number of halogens is 1. The number of hydrogen-bond donors (Lipinski definition) is 3. The molecule has 3 N–H and O–H groups in total. The van der Waals surface area contributed by atoms with E-state index in [2.05, 4.69) is 0 Å². The largest absolute Gasteiger partial charge is 0.480 e. The van der Waals surface area contributed by atoms with Gasteiger partial charge in [-0.15, -0.1) is 0 Å². The van der Waals surface area contributed by atoms with Gasteiger partial charge < -0.3 is 10.2 Å². The molecule has 0 heterocycles. The average Bonchev–Trinajstić information content (AvgIpc) is 2.27. The number of hydrogen-bond acceptors (Lipinski definition) is 4. The molecule has 1 rings (SSSR count). The van der Waals surface area contributed by atoms with Crippen LogP contribution < -0.4 is 4.72 Å². The normalized spacial score (nSPS) is 13.2. The van der Waals surface area contributed by atoms with E-state index in [1.807, 2.05) is 4.72 Å². The fourth-order valence-corrected chi connectivity index (χ4v) is 3.20. The zero-order valence-electron chi connectivity index (χ0n) is 10.1. The summed E-state index contributed by atoms with van der Waals surface area (Å²) in [6, 6.07) is 2.81. The number of benzene rings is 1. The zero-order chi connectivity index (χ0) is 14.6. The summed E-state index contributed by atoms with van der Waals surface area (Å²) in [5.74, 6) is -1.34. The third-order valence-electron chi connectivity index (χ3n) is 2.44. The molecule has 106 valence electrons. The first kappa shape index (κ1) is 15.9. The minimum atomic E-state index is -3.97. The number of aliphatic carboxylic acids is 1. The van der Waals surface area contributed by atoms with Gasteiger partial charge in [-0.2, -0.15) is 4.72 Å². The zero-order valence-corrected chi connectivity index (χ0v) is 11.7. The van der Waals surface area contributed by atoms with Gasteiger partial charge >= 0.3 is 5.97 Å². The lowest BCUT2D eigenvalue weighted by atomic mass is 10.2. The molecule has 0 radical (unpaired) electrons. The highest BCUT2D eigenvalue weighted by Gasteiger charge is 2.25. The van der Waals surface area contributed by atoms with Crippen molar-refractivity contribution in [3.63, 3.8) is 0 Å². The predicted octanol–water partition coefficient (Wildman–Crippen LogP) is 0.762. The standard InChI is InChI=1S/C11H14ClNO5S/c1-7-6-8(12)2-3-10(7)19(17,18)13-9(4-5-14)11(15)16/h2-3,6,9,13-14H,4-5H2,1H3,(H,15,16)/t9-/m1/s1. The molecule has 8 heteroatoms. The van der Waals surface area contributed by atoms with E-state index >= 15 is 0 Å². The Bertz CT molecular complexity index is 572. The van der Waals surface area contributed by atoms with Crippen LogP contribution in [0.15, 0.2) is 23.1 Å². The Labute approximate surface area is 116 Å². The molecule has 1 aromatic rings. The summed E-state index contributed by atoms with van der Waals surface area (Å²) in [5.41, 5.74) is 0.410. The second-order valence-corrected chi connectivity index (χ2v) is 6.05. The van der Waals surface area contributed by atoms with Gasteiger partial charge in [-0.3, -0.25) is 4.79 Å². The fourth-order valence-electron chi connectivity index (χ4n) is 1.53. The summed E-state index contributed by atoms with van der Waals surface area (Å²) < 4.78 is 26.1. The molecular formula is C11H14ClNO5S. The number of carboxylic acid groups (broad SMARTS) is 1. The van der Waals surface area contributed by atoms with Gasteiger partial charge in [0.25, 0.3) is 0 Å². The molecule has 1 atom stereocenters. The molecule has 19 heavy (non-hydrogen) atoms. The second-order valence-electron chi connectivity index (χ2n) is 3.93. The van der Waals surface area contributed by atoms with Crippen LogP contribution in [0.3, 0.4) is 0 Å². The third kappa shape index (κ3) is 4.17. The molecule has 0 aliphatic heterocycles. The van der Waals surface area contributed by atoms with Crippen molar-refractivity contribution in [2.24, 2.45) is 0 Å². The van der Waals surface area contributed by atoms with Gasteiger partial charge in [0.2, 0.25) is 10.0 Å². The number of carbonyl (C=O) groups is 1. The molecule has 0 saturated carbocycles. The maximum absolute atomic E-state index is 12.1. The van der Waals surface area contributed by atoms with Gasteiger partial charge in [0.05, 0.1) is 4.90 Å². The van der Waals surface area contributed by atoms with Gasteiger partial charge in [0.15, 0.2) is 0 Å². The Morgan fingerprint density at radius 1 is 1.47 bits per heavy atom. The quantitative estimate of drug-likeness (QED) is 0.720. The Morgan fingerprint density at radius 2 is 2.11 bits per heavy atom. The summed E-state index contributed by atoms with van der Waals surface area (Å²) in [4.78, 5) is 10.8. The number of sulfonamides is 1. The van der Waals surface area contributed by atoms with E-state index < -0.39 is 28.6 Å². The molecule has 0 amide bonds. The third-order valence-corrected chi connectivity index (χ3v) is 4.31. The molecule has 0 aliphatic carbocycles. The lowest BCUT2D eigenvalue weighted by molar-refractivity contribution is -0.139. The SMILES string of the molecule is Cc1cc(Cl)ccc1S(=O)(=O)N[C@H](CCO)C(=O)O. The summed E-state index contributed by atoms with van der Waals surface area (Å²) in [6.07, 6.45) is -0.207. The van der Waals surface area contributed by atoms with E-state index in [1.165, 1.54) is 18.2 Å². The van der Waals surface area contributed by atoms with Crippen LogP contribution >= 0.6 is 11.6 Å². The summed E-state index contributed by atoms with van der Waals surface area (Å²) in [7, 11) is -3.97. The van der Waals surface area contributed by atoms with E-state index in [0.29, 0.717) is 10.6 Å². The number of carboxylic acids is 1. The predicted molar refractivity (Wildman–Crippen MR) is 69.6 cm³/mol. The van der Waals surface area contributed by atoms with Gasteiger partial charge in [0, 0.05) is 11.6 Å². The molecule has 0 unspecified atom stereocenters. The molecule has 0 aromatic heterocycles. The topological polar surface area (TPSA) is 104 Å². The molecule has 0 saturated heterocycles. The number of rotatable bonds is 6. The maximum Gasteiger partial charge on any atom is 0.321 e. The molecule has 0 spiro atoms. The maximum atomic E-state index is 12.1. The Morgan fingerprint density at radius 3 is 2.58 bits per heavy atom. The average molecular weight is 308 g/mol. The van der Waals surface area contributed by atoms with Gasteiger partial charge in [-0.25, -0.2) is 8.42 Å². The van der Waals surface area contributed by atoms with E-state index in [1.54, 1.807) is 6.92 Å². The summed E-state index contributed by atoms with van der Waals surface area (Å²) >= 11 is 5.73. The smallest absolute Gasteiger partial charge is 0.321 e. The van der Waals surface area contributed by atoms with Crippen LogP contribution in [0.4, 0.5) is 0 Å². The second kappa shape index (κ2) is 6.33. The first-order chi connectivity index (χ1) is 8.77. The highest BCUT2D eigenvalue weighted by atomic mass is 35.5. The number of aliphatic hydroxyl groups is 1. The van der Waals surface area contributed by atoms with Crippen LogP contribution in [0.25, 0.3) is 0 Å². The van der Waals surface area contributed by atoms with Crippen LogP contribution in [-0.2, 0) is 14.8 Å². The van der Waals surface area contributed by atoms with Crippen LogP contribution in [-0.4, -0.2) is 37.2 Å². The first-order valence-electron chi connectivity index (χ1n) is 5.40. The number of aryl methyl sites for hydroxylation is 1. The van der Waals surface area contributed by atoms with Crippen LogP contribution in [0.2, 0.25) is 5.02 Å². The lowest BCUT2D eigenvalue weighted by Crippen LogP contribution is -2.41. The molecule has 0 aliphatic rings. The van der Waals surface area contributed by atoms with E-state index in [0.717, 1.165) is 0 Å². The fraction of sp³-hybridized carbons (Fsp3) is 0.364. The first-order valence-corrected chi connectivity index (χ1v) is 7.26. The molecule has 0 bridgehead atoms. The van der Waals surface area contributed by atoms with Crippen molar-refractivity contribution in [2.45, 2.75) is 24.3 Å². The molecule has 0 fully saturated rings. The molecule has 1 aromatic carbocycles. The van der Waals surface area contributed by atoms with Crippen molar-refractivity contribution < 1.29 is 23.4 Å². The number of aliphatic hydroxyl groups excluding tert-OH is 1.